The predicted octanol–water partition coefficient (Wildman–Crippen LogP) is 1.52. The molecule has 1 aliphatic rings. The van der Waals surface area contributed by atoms with E-state index >= 15 is 0 Å². The zero-order valence-corrected chi connectivity index (χ0v) is 12.0. The van der Waals surface area contributed by atoms with Crippen LogP contribution in [0.5, 0.6) is 0 Å². The summed E-state index contributed by atoms with van der Waals surface area (Å²) in [6.45, 7) is 3.79. The van der Waals surface area contributed by atoms with Crippen LogP contribution in [-0.4, -0.2) is 43.3 Å². The van der Waals surface area contributed by atoms with Gasteiger partial charge in [0.1, 0.15) is 10.6 Å². The molecule has 0 atom stereocenters. The van der Waals surface area contributed by atoms with Crippen molar-refractivity contribution in [2.75, 3.05) is 37.4 Å². The lowest BCUT2D eigenvalue weighted by atomic mass is 10.1. The Hall–Kier alpha value is -1.34. The monoisotopic (exact) mass is 285 g/mol. The Morgan fingerprint density at radius 2 is 2.21 bits per heavy atom. The van der Waals surface area contributed by atoms with Crippen LogP contribution in [0.3, 0.4) is 0 Å². The molecule has 0 radical (unpaired) electrons. The van der Waals surface area contributed by atoms with Gasteiger partial charge in [0.25, 0.3) is 0 Å². The van der Waals surface area contributed by atoms with Crippen LogP contribution in [0.2, 0.25) is 0 Å². The average Bonchev–Trinajstić information content (AvgIpc) is 2.81. The summed E-state index contributed by atoms with van der Waals surface area (Å²) in [5.41, 5.74) is 6.19. The second-order valence-electron chi connectivity index (χ2n) is 4.39. The smallest absolute Gasteiger partial charge is 0.345 e. The first-order valence-corrected chi connectivity index (χ1v) is 7.14. The first-order chi connectivity index (χ1) is 9.17. The number of methoxy groups -OCH3 is 1. The molecule has 2 N–H and O–H groups in total. The molecule has 1 fully saturated rings. The van der Waals surface area contributed by atoms with Gasteiger partial charge in [-0.15, -0.1) is 0 Å². The van der Waals surface area contributed by atoms with Crippen LogP contribution in [-0.2, 0) is 9.47 Å². The standard InChI is InChI=1S/C12H19N3O3S/c1-3-18-12(16)9-10(13)14-19-11(9)15-6-4-8(17-2)5-7-15/h8H,3-7H2,1-2H3,(H2,13,14). The van der Waals surface area contributed by atoms with Gasteiger partial charge in [-0.3, -0.25) is 0 Å². The van der Waals surface area contributed by atoms with Crippen molar-refractivity contribution in [3.63, 3.8) is 0 Å². The maximum Gasteiger partial charge on any atom is 0.345 e. The number of carbonyl (C=O) groups excluding carboxylic acids is 1. The highest BCUT2D eigenvalue weighted by Gasteiger charge is 2.27. The van der Waals surface area contributed by atoms with Gasteiger partial charge in [-0.1, -0.05) is 0 Å². The highest BCUT2D eigenvalue weighted by molar-refractivity contribution is 7.11. The maximum absolute atomic E-state index is 11.9. The summed E-state index contributed by atoms with van der Waals surface area (Å²) in [7, 11) is 1.73. The molecular formula is C12H19N3O3S. The number of piperidine rings is 1. The first kappa shape index (κ1) is 14.1. The maximum atomic E-state index is 11.9. The van der Waals surface area contributed by atoms with Crippen molar-refractivity contribution in [2.24, 2.45) is 0 Å². The molecule has 0 bridgehead atoms. The summed E-state index contributed by atoms with van der Waals surface area (Å²) >= 11 is 1.25. The van der Waals surface area contributed by atoms with E-state index in [1.165, 1.54) is 11.5 Å². The van der Waals surface area contributed by atoms with Crippen LogP contribution in [0.4, 0.5) is 10.8 Å². The molecule has 2 rings (SSSR count). The molecule has 0 unspecified atom stereocenters. The van der Waals surface area contributed by atoms with Gasteiger partial charge in [0.2, 0.25) is 0 Å². The molecule has 106 valence electrons. The molecule has 19 heavy (non-hydrogen) atoms. The molecule has 0 amide bonds. The molecule has 0 aliphatic carbocycles. The van der Waals surface area contributed by atoms with E-state index in [4.69, 9.17) is 15.2 Å². The normalized spacial score (nSPS) is 16.6. The third-order valence-corrected chi connectivity index (χ3v) is 4.17. The van der Waals surface area contributed by atoms with Crippen LogP contribution in [0.25, 0.3) is 0 Å². The summed E-state index contributed by atoms with van der Waals surface area (Å²) in [4.78, 5) is 14.1. The molecule has 7 heteroatoms. The lowest BCUT2D eigenvalue weighted by Gasteiger charge is -2.31. The summed E-state index contributed by atoms with van der Waals surface area (Å²) in [5.74, 6) is -0.134. The minimum absolute atomic E-state index is 0.257. The number of esters is 1. The Bertz CT molecular complexity index is 441. The Labute approximate surface area is 116 Å². The van der Waals surface area contributed by atoms with Crippen LogP contribution in [0.15, 0.2) is 0 Å². The van der Waals surface area contributed by atoms with Crippen molar-refractivity contribution >= 4 is 28.3 Å². The number of nitrogen functional groups attached to an aromatic ring is 1. The third kappa shape index (κ3) is 2.98. The number of nitrogens with zero attached hydrogens (tertiary/aromatic N) is 2. The lowest BCUT2D eigenvalue weighted by Crippen LogP contribution is -2.37. The summed E-state index contributed by atoms with van der Waals surface area (Å²) in [6.07, 6.45) is 2.18. The zero-order chi connectivity index (χ0) is 13.8. The predicted molar refractivity (Wildman–Crippen MR) is 74.7 cm³/mol. The van der Waals surface area contributed by atoms with E-state index in [0.717, 1.165) is 30.9 Å². The fourth-order valence-electron chi connectivity index (χ4n) is 2.20. The van der Waals surface area contributed by atoms with E-state index in [1.54, 1.807) is 14.0 Å². The molecule has 1 saturated heterocycles. The number of ether oxygens (including phenoxy) is 2. The second kappa shape index (κ2) is 6.21. The lowest BCUT2D eigenvalue weighted by molar-refractivity contribution is 0.0528. The third-order valence-electron chi connectivity index (χ3n) is 3.24. The molecule has 1 aromatic heterocycles. The topological polar surface area (TPSA) is 77.7 Å². The van der Waals surface area contributed by atoms with Crippen molar-refractivity contribution in [3.8, 4) is 0 Å². The zero-order valence-electron chi connectivity index (χ0n) is 11.2. The average molecular weight is 285 g/mol. The molecular weight excluding hydrogens is 266 g/mol. The summed E-state index contributed by atoms with van der Waals surface area (Å²) < 4.78 is 14.5. The van der Waals surface area contributed by atoms with Crippen molar-refractivity contribution in [1.82, 2.24) is 4.37 Å². The van der Waals surface area contributed by atoms with Gasteiger partial charge in [-0.2, -0.15) is 4.37 Å². The molecule has 1 aromatic rings. The van der Waals surface area contributed by atoms with Crippen LogP contribution < -0.4 is 10.6 Å². The van der Waals surface area contributed by atoms with Crippen LogP contribution in [0.1, 0.15) is 30.1 Å². The Morgan fingerprint density at radius 3 is 2.79 bits per heavy atom. The quantitative estimate of drug-likeness (QED) is 0.845. The van der Waals surface area contributed by atoms with E-state index in [0.29, 0.717) is 18.3 Å². The fourth-order valence-corrected chi connectivity index (χ4v) is 3.05. The number of nitrogens with two attached hydrogens (primary N) is 1. The van der Waals surface area contributed by atoms with Gasteiger partial charge in [-0.25, -0.2) is 4.79 Å². The molecule has 1 aliphatic heterocycles. The summed E-state index contributed by atoms with van der Waals surface area (Å²) in [6, 6.07) is 0. The minimum Gasteiger partial charge on any atom is -0.462 e. The van der Waals surface area contributed by atoms with Gasteiger partial charge < -0.3 is 20.1 Å². The number of carbonyl (C=O) groups is 1. The van der Waals surface area contributed by atoms with Crippen molar-refractivity contribution in [2.45, 2.75) is 25.9 Å². The van der Waals surface area contributed by atoms with Crippen molar-refractivity contribution < 1.29 is 14.3 Å². The molecule has 0 spiro atoms. The Morgan fingerprint density at radius 1 is 1.53 bits per heavy atom. The van der Waals surface area contributed by atoms with Gasteiger partial charge >= 0.3 is 5.97 Å². The highest BCUT2D eigenvalue weighted by Crippen LogP contribution is 2.33. The first-order valence-electron chi connectivity index (χ1n) is 6.37. The largest absolute Gasteiger partial charge is 0.462 e. The number of anilines is 2. The highest BCUT2D eigenvalue weighted by atomic mass is 32.1. The van der Waals surface area contributed by atoms with E-state index in [1.807, 2.05) is 0 Å². The van der Waals surface area contributed by atoms with Gasteiger partial charge in [0, 0.05) is 20.2 Å². The van der Waals surface area contributed by atoms with E-state index in [-0.39, 0.29) is 5.82 Å². The molecule has 0 aromatic carbocycles. The number of aromatic nitrogens is 1. The van der Waals surface area contributed by atoms with Crippen LogP contribution >= 0.6 is 11.5 Å². The summed E-state index contributed by atoms with van der Waals surface area (Å²) in [5, 5.41) is 0.811. The van der Waals surface area contributed by atoms with E-state index in [9.17, 15) is 4.79 Å². The van der Waals surface area contributed by atoms with E-state index < -0.39 is 5.97 Å². The SMILES string of the molecule is CCOC(=O)c1c(N)nsc1N1CCC(OC)CC1. The molecule has 2 heterocycles. The van der Waals surface area contributed by atoms with Crippen molar-refractivity contribution in [3.05, 3.63) is 5.56 Å². The number of hydrogen-bond acceptors (Lipinski definition) is 7. The van der Waals surface area contributed by atoms with Gasteiger partial charge in [-0.05, 0) is 31.3 Å². The fraction of sp³-hybridized carbons (Fsp3) is 0.667. The van der Waals surface area contributed by atoms with E-state index in [2.05, 4.69) is 9.27 Å². The second-order valence-corrected chi connectivity index (χ2v) is 5.14. The van der Waals surface area contributed by atoms with Crippen molar-refractivity contribution in [1.29, 1.82) is 0 Å². The minimum atomic E-state index is -0.391. The van der Waals surface area contributed by atoms with Gasteiger partial charge in [0.05, 0.1) is 12.7 Å². The molecule has 0 saturated carbocycles. The Balaban J connectivity index is 2.15. The number of hydrogen-bond donors (Lipinski definition) is 1. The number of rotatable bonds is 4. The molecule has 6 nitrogen and oxygen atoms in total. The van der Waals surface area contributed by atoms with Crippen LogP contribution in [0, 0.1) is 0 Å². The van der Waals surface area contributed by atoms with Gasteiger partial charge in [0.15, 0.2) is 5.82 Å². The Kier molecular flexibility index (Phi) is 4.60.